The van der Waals surface area contributed by atoms with Crippen molar-refractivity contribution < 1.29 is 9.18 Å². The first-order valence-electron chi connectivity index (χ1n) is 12.7. The third-order valence-electron chi connectivity index (χ3n) is 7.04. The Morgan fingerprint density at radius 3 is 2.53 bits per heavy atom. The molecule has 0 bridgehead atoms. The summed E-state index contributed by atoms with van der Waals surface area (Å²) in [5, 5.41) is 6.70. The molecule has 2 atom stereocenters. The average Bonchev–Trinajstić information content (AvgIpc) is 3.40. The van der Waals surface area contributed by atoms with Gasteiger partial charge in [0.1, 0.15) is 5.82 Å². The zero-order valence-electron chi connectivity index (χ0n) is 21.4. The smallest absolute Gasteiger partial charge is 0.226 e. The van der Waals surface area contributed by atoms with Crippen molar-refractivity contribution in [2.75, 3.05) is 11.9 Å². The van der Waals surface area contributed by atoms with Crippen molar-refractivity contribution in [3.8, 4) is 0 Å². The maximum atomic E-state index is 14.1. The Labute approximate surface area is 227 Å². The van der Waals surface area contributed by atoms with Crippen LogP contribution in [0.1, 0.15) is 46.7 Å². The van der Waals surface area contributed by atoms with E-state index in [0.717, 1.165) is 29.2 Å². The molecule has 0 aliphatic carbocycles. The summed E-state index contributed by atoms with van der Waals surface area (Å²) >= 11 is 5.77. The summed E-state index contributed by atoms with van der Waals surface area (Å²) in [4.78, 5) is 19.4. The maximum Gasteiger partial charge on any atom is 0.226 e. The fraction of sp³-hybridized carbons (Fsp3) is 0.233. The maximum absolute atomic E-state index is 14.1. The lowest BCUT2D eigenvalue weighted by molar-refractivity contribution is -0.116. The Balaban J connectivity index is 1.43. The van der Waals surface area contributed by atoms with Crippen LogP contribution in [0.15, 0.2) is 85.1 Å². The van der Waals surface area contributed by atoms with Crippen molar-refractivity contribution in [3.05, 3.63) is 119 Å². The standard InChI is InChI=1S/C30H30FN5OS/c1-20-18-23(21(2)36(20)19-22-10-4-3-5-11-22)29-28(26-14-8-9-16-32-26)34-30(38)35(29)17-15-27(37)33-25-13-7-6-12-24(25)31/h3-14,16,18,28-29H,15,17,19H2,1-2H3,(H,33,37)(H,34,38)/t28-,29+/m1/s1. The molecule has 1 amide bonds. The Bertz CT molecular complexity index is 1440. The first-order valence-corrected chi connectivity index (χ1v) is 13.1. The normalized spacial score (nSPS) is 16.9. The third-order valence-corrected chi connectivity index (χ3v) is 7.39. The monoisotopic (exact) mass is 527 g/mol. The van der Waals surface area contributed by atoms with E-state index in [-0.39, 0.29) is 30.1 Å². The van der Waals surface area contributed by atoms with Gasteiger partial charge in [-0.2, -0.15) is 0 Å². The highest BCUT2D eigenvalue weighted by molar-refractivity contribution is 7.80. The lowest BCUT2D eigenvalue weighted by Gasteiger charge is -2.28. The van der Waals surface area contributed by atoms with Gasteiger partial charge in [0.15, 0.2) is 5.11 Å². The van der Waals surface area contributed by atoms with Crippen LogP contribution in [0, 0.1) is 19.7 Å². The molecule has 1 fully saturated rings. The minimum atomic E-state index is -0.460. The number of benzene rings is 2. The number of aromatic nitrogens is 2. The number of carbonyl (C=O) groups excluding carboxylic acids is 1. The molecule has 1 aliphatic rings. The van der Waals surface area contributed by atoms with Crippen LogP contribution < -0.4 is 10.6 Å². The van der Waals surface area contributed by atoms with E-state index < -0.39 is 5.82 Å². The molecule has 0 unspecified atom stereocenters. The summed E-state index contributed by atoms with van der Waals surface area (Å²) < 4.78 is 16.4. The predicted octanol–water partition coefficient (Wildman–Crippen LogP) is 5.69. The highest BCUT2D eigenvalue weighted by Gasteiger charge is 2.41. The van der Waals surface area contributed by atoms with E-state index in [2.05, 4.69) is 69.3 Å². The van der Waals surface area contributed by atoms with Crippen molar-refractivity contribution in [3.63, 3.8) is 0 Å². The third kappa shape index (κ3) is 5.31. The van der Waals surface area contributed by atoms with Crippen LogP contribution in [-0.2, 0) is 11.3 Å². The fourth-order valence-electron chi connectivity index (χ4n) is 5.12. The molecule has 2 aromatic carbocycles. The molecule has 1 saturated heterocycles. The summed E-state index contributed by atoms with van der Waals surface area (Å²) in [6, 6.07) is 24.3. The molecule has 0 saturated carbocycles. The summed E-state index contributed by atoms with van der Waals surface area (Å²) in [5.74, 6) is -0.731. The number of rotatable bonds is 8. The molecule has 38 heavy (non-hydrogen) atoms. The lowest BCUT2D eigenvalue weighted by atomic mass is 9.96. The van der Waals surface area contributed by atoms with Crippen LogP contribution in [-0.4, -0.2) is 32.0 Å². The molecular formula is C30H30FN5OS. The van der Waals surface area contributed by atoms with Crippen LogP contribution in [0.2, 0.25) is 0 Å². The highest BCUT2D eigenvalue weighted by atomic mass is 32.1. The lowest BCUT2D eigenvalue weighted by Crippen LogP contribution is -2.33. The molecule has 1 aliphatic heterocycles. The first kappa shape index (κ1) is 25.6. The van der Waals surface area contributed by atoms with Crippen molar-refractivity contribution in [1.82, 2.24) is 19.8 Å². The molecule has 3 heterocycles. The largest absolute Gasteiger partial charge is 0.352 e. The zero-order valence-corrected chi connectivity index (χ0v) is 22.2. The number of para-hydroxylation sites is 1. The van der Waals surface area contributed by atoms with E-state index in [1.54, 1.807) is 24.4 Å². The van der Waals surface area contributed by atoms with Crippen LogP contribution >= 0.6 is 12.2 Å². The molecule has 2 aromatic heterocycles. The van der Waals surface area contributed by atoms with Crippen LogP contribution in [0.5, 0.6) is 0 Å². The minimum Gasteiger partial charge on any atom is -0.352 e. The number of nitrogens with zero attached hydrogens (tertiary/aromatic N) is 3. The minimum absolute atomic E-state index is 0.157. The average molecular weight is 528 g/mol. The molecule has 4 aromatic rings. The van der Waals surface area contributed by atoms with Crippen LogP contribution in [0.3, 0.4) is 0 Å². The number of thiocarbonyl (C=S) groups is 1. The van der Waals surface area contributed by atoms with E-state index >= 15 is 0 Å². The van der Waals surface area contributed by atoms with E-state index in [9.17, 15) is 9.18 Å². The number of aryl methyl sites for hydroxylation is 1. The second kappa shape index (κ2) is 11.1. The van der Waals surface area contributed by atoms with Gasteiger partial charge in [-0.15, -0.1) is 0 Å². The summed E-state index contributed by atoms with van der Waals surface area (Å²) in [6.45, 7) is 5.39. The second-order valence-corrected chi connectivity index (χ2v) is 9.88. The molecule has 2 N–H and O–H groups in total. The SMILES string of the molecule is Cc1cc([C@H]2[C@@H](c3ccccn3)NC(=S)N2CCC(=O)Nc2ccccc2F)c(C)n1Cc1ccccc1. The van der Waals surface area contributed by atoms with Gasteiger partial charge >= 0.3 is 0 Å². The summed E-state index contributed by atoms with van der Waals surface area (Å²) in [6.07, 6.45) is 1.94. The van der Waals surface area contributed by atoms with Crippen LogP contribution in [0.4, 0.5) is 10.1 Å². The topological polar surface area (TPSA) is 62.2 Å². The number of anilines is 1. The van der Waals surface area contributed by atoms with Crippen molar-refractivity contribution >= 4 is 28.9 Å². The Hall–Kier alpha value is -4.04. The Morgan fingerprint density at radius 2 is 1.79 bits per heavy atom. The number of nitrogens with one attached hydrogen (secondary N) is 2. The second-order valence-electron chi connectivity index (χ2n) is 9.50. The van der Waals surface area contributed by atoms with E-state index in [0.29, 0.717) is 11.7 Å². The number of halogens is 1. The van der Waals surface area contributed by atoms with Gasteiger partial charge < -0.3 is 20.1 Å². The van der Waals surface area contributed by atoms with Gasteiger partial charge in [-0.1, -0.05) is 48.5 Å². The quantitative estimate of drug-likeness (QED) is 0.288. The van der Waals surface area contributed by atoms with Crippen molar-refractivity contribution in [2.45, 2.75) is 38.9 Å². The van der Waals surface area contributed by atoms with Crippen molar-refractivity contribution in [1.29, 1.82) is 0 Å². The summed E-state index contributed by atoms with van der Waals surface area (Å²) in [5.41, 5.74) is 5.71. The fourth-order valence-corrected chi connectivity index (χ4v) is 5.45. The van der Waals surface area contributed by atoms with Gasteiger partial charge in [0.05, 0.1) is 23.5 Å². The van der Waals surface area contributed by atoms with Crippen LogP contribution in [0.25, 0.3) is 0 Å². The van der Waals surface area contributed by atoms with Gasteiger partial charge in [0, 0.05) is 37.1 Å². The van der Waals surface area contributed by atoms with Gasteiger partial charge in [-0.05, 0) is 67.5 Å². The molecule has 8 heteroatoms. The van der Waals surface area contributed by atoms with E-state index in [4.69, 9.17) is 12.2 Å². The van der Waals surface area contributed by atoms with E-state index in [1.807, 2.05) is 24.3 Å². The van der Waals surface area contributed by atoms with Crippen molar-refractivity contribution in [2.24, 2.45) is 0 Å². The zero-order chi connectivity index (χ0) is 26.6. The Morgan fingerprint density at radius 1 is 1.05 bits per heavy atom. The van der Waals surface area contributed by atoms with E-state index in [1.165, 1.54) is 11.6 Å². The molecule has 0 radical (unpaired) electrons. The molecule has 0 spiro atoms. The molecular weight excluding hydrogens is 497 g/mol. The highest BCUT2D eigenvalue weighted by Crippen LogP contribution is 2.41. The number of hydrogen-bond donors (Lipinski definition) is 2. The molecule has 194 valence electrons. The number of pyridine rings is 1. The molecule has 6 nitrogen and oxygen atoms in total. The Kier molecular flexibility index (Phi) is 7.51. The number of carbonyl (C=O) groups is 1. The first-order chi connectivity index (χ1) is 18.4. The van der Waals surface area contributed by atoms with Gasteiger partial charge in [0.25, 0.3) is 0 Å². The van der Waals surface area contributed by atoms with Gasteiger partial charge in [-0.25, -0.2) is 4.39 Å². The summed E-state index contributed by atoms with van der Waals surface area (Å²) in [7, 11) is 0. The number of hydrogen-bond acceptors (Lipinski definition) is 3. The van der Waals surface area contributed by atoms with Gasteiger partial charge in [0.2, 0.25) is 5.91 Å². The molecule has 5 rings (SSSR count). The van der Waals surface area contributed by atoms with Gasteiger partial charge in [-0.3, -0.25) is 9.78 Å². The predicted molar refractivity (Wildman–Crippen MR) is 151 cm³/mol. The number of amides is 1.